The third kappa shape index (κ3) is 2.77. The minimum Gasteiger partial charge on any atom is -0.124 e. The minimum absolute atomic E-state index is 0.898. The van der Waals surface area contributed by atoms with Crippen molar-refractivity contribution in [3.63, 3.8) is 0 Å². The lowest BCUT2D eigenvalue weighted by atomic mass is 10.3. The smallest absolute Gasteiger partial charge is 0.00167 e. The summed E-state index contributed by atoms with van der Waals surface area (Å²) < 4.78 is 0. The maximum absolute atomic E-state index is 2.98. The Hall–Kier alpha value is -1.44. The van der Waals surface area contributed by atoms with E-state index in [0.29, 0.717) is 0 Å². The Morgan fingerprint density at radius 1 is 0.700 bits per heavy atom. The average Bonchev–Trinajstić information content (AvgIpc) is 2.01. The molecule has 0 atom stereocenters. The highest BCUT2D eigenvalue weighted by atomic mass is 13.7. The third-order valence-electron chi connectivity index (χ3n) is 1.02. The number of rotatable bonds is 0. The second-order valence-corrected chi connectivity index (χ2v) is 1.81. The van der Waals surface area contributed by atoms with Crippen LogP contribution in [0, 0.1) is 0 Å². The van der Waals surface area contributed by atoms with Crippen LogP contribution in [-0.4, -0.2) is 0 Å². The van der Waals surface area contributed by atoms with Crippen molar-refractivity contribution in [2.45, 2.75) is 6.42 Å². The van der Waals surface area contributed by atoms with Gasteiger partial charge in [0.2, 0.25) is 0 Å². The van der Waals surface area contributed by atoms with E-state index in [4.69, 9.17) is 0 Å². The van der Waals surface area contributed by atoms with Crippen LogP contribution in [0.2, 0.25) is 0 Å². The van der Waals surface area contributed by atoms with Gasteiger partial charge >= 0.3 is 0 Å². The van der Waals surface area contributed by atoms with Crippen molar-refractivity contribution in [1.29, 1.82) is 0 Å². The Balaban J connectivity index is 2.89. The summed E-state index contributed by atoms with van der Waals surface area (Å²) in [5.74, 6) is 0. The van der Waals surface area contributed by atoms with Gasteiger partial charge in [-0.1, -0.05) is 0 Å². The van der Waals surface area contributed by atoms with Crippen molar-refractivity contribution in [1.82, 2.24) is 0 Å². The largest absolute Gasteiger partial charge is 0.124 e. The van der Waals surface area contributed by atoms with Crippen molar-refractivity contribution < 1.29 is 0 Å². The molecule has 0 amide bonds. The summed E-state index contributed by atoms with van der Waals surface area (Å²) in [5.41, 5.74) is 8.89. The van der Waals surface area contributed by atoms with E-state index in [1.807, 2.05) is 36.5 Å². The summed E-state index contributed by atoms with van der Waals surface area (Å²) in [6, 6.07) is 0. The van der Waals surface area contributed by atoms with Gasteiger partial charge in [-0.3, -0.25) is 0 Å². The highest BCUT2D eigenvalue weighted by Gasteiger charge is 1.65. The summed E-state index contributed by atoms with van der Waals surface area (Å²) in [6.07, 6.45) is 12.1. The van der Waals surface area contributed by atoms with Crippen LogP contribution in [0.4, 0.5) is 0 Å². The predicted molar refractivity (Wildman–Crippen MR) is 42.6 cm³/mol. The summed E-state index contributed by atoms with van der Waals surface area (Å²) in [6.45, 7) is 0. The molecule has 48 valence electrons. The highest BCUT2D eigenvalue weighted by molar-refractivity contribution is 5.10. The summed E-state index contributed by atoms with van der Waals surface area (Å²) in [5, 5.41) is 0. The van der Waals surface area contributed by atoms with Gasteiger partial charge in [-0.2, -0.15) is 0 Å². The molecule has 0 saturated heterocycles. The molecule has 0 aromatic rings. The van der Waals surface area contributed by atoms with Crippen LogP contribution in [0.5, 0.6) is 0 Å². The second kappa shape index (κ2) is 4.44. The fourth-order valence-electron chi connectivity index (χ4n) is 0.579. The first-order chi connectivity index (χ1) is 5.00. The Labute approximate surface area is 60.9 Å². The van der Waals surface area contributed by atoms with E-state index in [1.54, 1.807) is 0 Å². The molecular weight excluding hydrogens is 120 g/mol. The van der Waals surface area contributed by atoms with Crippen LogP contribution in [0.25, 0.3) is 0 Å². The zero-order chi connectivity index (χ0) is 7.07. The number of hydrogen-bond donors (Lipinski definition) is 0. The van der Waals surface area contributed by atoms with Crippen LogP contribution in [0.15, 0.2) is 53.6 Å². The highest BCUT2D eigenvalue weighted by Crippen LogP contribution is 1.84. The van der Waals surface area contributed by atoms with Crippen LogP contribution in [-0.2, 0) is 0 Å². The fraction of sp³-hybridized carbons (Fsp3) is 0.100. The van der Waals surface area contributed by atoms with Gasteiger partial charge in [0.05, 0.1) is 0 Å². The fourth-order valence-corrected chi connectivity index (χ4v) is 0.579. The molecule has 0 N–H and O–H groups in total. The SMILES string of the molecule is C1=CC=C=CCC=C=CC=1. The van der Waals surface area contributed by atoms with Gasteiger partial charge in [0.15, 0.2) is 0 Å². The van der Waals surface area contributed by atoms with E-state index in [9.17, 15) is 0 Å². The van der Waals surface area contributed by atoms with Crippen molar-refractivity contribution in [3.8, 4) is 0 Å². The first kappa shape index (κ1) is 6.68. The van der Waals surface area contributed by atoms with Crippen LogP contribution in [0.1, 0.15) is 6.42 Å². The molecule has 0 fully saturated rings. The first-order valence-electron chi connectivity index (χ1n) is 3.22. The molecule has 1 aliphatic rings. The van der Waals surface area contributed by atoms with Gasteiger partial charge in [-0.15, -0.1) is 17.2 Å². The molecule has 0 aromatic carbocycles. The van der Waals surface area contributed by atoms with Crippen molar-refractivity contribution >= 4 is 0 Å². The van der Waals surface area contributed by atoms with Crippen molar-refractivity contribution in [2.24, 2.45) is 0 Å². The summed E-state index contributed by atoms with van der Waals surface area (Å²) >= 11 is 0. The molecule has 0 aliphatic heterocycles. The standard InChI is InChI=1S/C10H8/c1-2-4-6-8-10-9-7-5-3-1/h1-2,5-7,10H,8H2. The third-order valence-corrected chi connectivity index (χ3v) is 1.02. The lowest BCUT2D eigenvalue weighted by Crippen LogP contribution is -1.53. The minimum atomic E-state index is 0.898. The molecule has 0 heterocycles. The van der Waals surface area contributed by atoms with Crippen LogP contribution in [0.3, 0.4) is 0 Å². The first-order valence-corrected chi connectivity index (χ1v) is 3.22. The lowest BCUT2D eigenvalue weighted by molar-refractivity contribution is 1.41. The summed E-state index contributed by atoms with van der Waals surface area (Å²) in [4.78, 5) is 0. The number of hydrogen-bond acceptors (Lipinski definition) is 0. The van der Waals surface area contributed by atoms with Gasteiger partial charge in [-0.25, -0.2) is 0 Å². The molecule has 0 heteroatoms. The maximum Gasteiger partial charge on any atom is -0.00167 e. The normalized spacial score (nSPS) is 14.4. The maximum atomic E-state index is 2.98. The Morgan fingerprint density at radius 3 is 1.80 bits per heavy atom. The van der Waals surface area contributed by atoms with Gasteiger partial charge in [0, 0.05) is 0 Å². The van der Waals surface area contributed by atoms with Gasteiger partial charge < -0.3 is 0 Å². The van der Waals surface area contributed by atoms with Gasteiger partial charge in [-0.05, 0) is 42.9 Å². The van der Waals surface area contributed by atoms with Crippen molar-refractivity contribution in [3.05, 3.63) is 53.6 Å². The number of allylic oxidation sites excluding steroid dienone is 3. The second-order valence-electron chi connectivity index (χ2n) is 1.81. The van der Waals surface area contributed by atoms with Crippen LogP contribution >= 0.6 is 0 Å². The Kier molecular flexibility index (Phi) is 2.96. The predicted octanol–water partition coefficient (Wildman–Crippen LogP) is 2.52. The molecule has 0 bridgehead atoms. The molecular formula is C10H8. The molecule has 0 saturated carbocycles. The topological polar surface area (TPSA) is 0 Å². The van der Waals surface area contributed by atoms with E-state index in [0.717, 1.165) is 6.42 Å². The Morgan fingerprint density at radius 2 is 1.20 bits per heavy atom. The zero-order valence-corrected chi connectivity index (χ0v) is 5.67. The van der Waals surface area contributed by atoms with Gasteiger partial charge in [0.1, 0.15) is 0 Å². The lowest BCUT2D eigenvalue weighted by Gasteiger charge is -1.72. The quantitative estimate of drug-likeness (QED) is 0.440. The molecule has 1 rings (SSSR count). The molecule has 0 aromatic heterocycles. The van der Waals surface area contributed by atoms with Crippen molar-refractivity contribution in [2.75, 3.05) is 0 Å². The van der Waals surface area contributed by atoms with Gasteiger partial charge in [0.25, 0.3) is 0 Å². The van der Waals surface area contributed by atoms with E-state index in [1.165, 1.54) is 0 Å². The van der Waals surface area contributed by atoms with Crippen LogP contribution < -0.4 is 0 Å². The summed E-state index contributed by atoms with van der Waals surface area (Å²) in [7, 11) is 0. The Bertz CT molecular complexity index is 245. The average molecular weight is 128 g/mol. The molecule has 0 radical (unpaired) electrons. The molecule has 0 unspecified atom stereocenters. The molecule has 0 nitrogen and oxygen atoms in total. The van der Waals surface area contributed by atoms with E-state index >= 15 is 0 Å². The molecule has 0 spiro atoms. The monoisotopic (exact) mass is 128 g/mol. The van der Waals surface area contributed by atoms with E-state index in [2.05, 4.69) is 17.2 Å². The van der Waals surface area contributed by atoms with E-state index in [-0.39, 0.29) is 0 Å². The molecule has 10 heavy (non-hydrogen) atoms. The molecule has 1 aliphatic carbocycles. The van der Waals surface area contributed by atoms with E-state index < -0.39 is 0 Å². The zero-order valence-electron chi connectivity index (χ0n) is 5.67.